The van der Waals surface area contributed by atoms with Crippen LogP contribution in [0.2, 0.25) is 0 Å². The lowest BCUT2D eigenvalue weighted by Gasteiger charge is -2.21. The number of likely N-dealkylation sites (N-methyl/N-ethyl adjacent to an activating group) is 1. The van der Waals surface area contributed by atoms with E-state index in [-0.39, 0.29) is 11.7 Å². The van der Waals surface area contributed by atoms with Gasteiger partial charge in [-0.25, -0.2) is 4.39 Å². The van der Waals surface area contributed by atoms with Crippen molar-refractivity contribution >= 4 is 12.0 Å². The van der Waals surface area contributed by atoms with Gasteiger partial charge in [-0.2, -0.15) is 0 Å². The lowest BCUT2D eigenvalue weighted by atomic mass is 9.92. The third-order valence-corrected chi connectivity index (χ3v) is 5.66. The Bertz CT molecular complexity index is 864. The molecule has 134 valence electrons. The van der Waals surface area contributed by atoms with Crippen molar-refractivity contribution in [1.82, 2.24) is 4.90 Å². The van der Waals surface area contributed by atoms with Gasteiger partial charge in [0.2, 0.25) is 0 Å². The fraction of sp³-hybridized carbons (Fsp3) is 0.348. The Morgan fingerprint density at radius 1 is 1.15 bits per heavy atom. The monoisotopic (exact) mass is 349 g/mol. The summed E-state index contributed by atoms with van der Waals surface area (Å²) in [4.78, 5) is 14.9. The summed E-state index contributed by atoms with van der Waals surface area (Å²) in [6, 6.07) is 13.0. The van der Waals surface area contributed by atoms with Gasteiger partial charge in [0.25, 0.3) is 5.91 Å². The van der Waals surface area contributed by atoms with E-state index in [4.69, 9.17) is 0 Å². The zero-order valence-corrected chi connectivity index (χ0v) is 15.2. The van der Waals surface area contributed by atoms with Gasteiger partial charge in [-0.05, 0) is 65.6 Å². The molecule has 1 fully saturated rings. The molecule has 0 saturated heterocycles. The number of carbonyl (C=O) groups excluding carboxylic acids is 1. The van der Waals surface area contributed by atoms with Crippen molar-refractivity contribution in [3.05, 3.63) is 76.1 Å². The fourth-order valence-electron chi connectivity index (χ4n) is 4.34. The summed E-state index contributed by atoms with van der Waals surface area (Å²) in [5, 5.41) is 0. The number of nitrogens with zero attached hydrogens (tertiary/aromatic N) is 1. The Balaban J connectivity index is 1.50. The van der Waals surface area contributed by atoms with Crippen LogP contribution in [-0.4, -0.2) is 24.4 Å². The highest BCUT2D eigenvalue weighted by atomic mass is 19.1. The molecular formula is C23H24FNO. The first kappa shape index (κ1) is 17.0. The summed E-state index contributed by atoms with van der Waals surface area (Å²) in [6.45, 7) is 0.578. The summed E-state index contributed by atoms with van der Waals surface area (Å²) in [7, 11) is 1.86. The third-order valence-electron chi connectivity index (χ3n) is 5.66. The van der Waals surface area contributed by atoms with E-state index in [1.807, 2.05) is 37.4 Å². The van der Waals surface area contributed by atoms with Gasteiger partial charge in [-0.1, -0.05) is 43.2 Å². The van der Waals surface area contributed by atoms with Gasteiger partial charge in [-0.3, -0.25) is 4.79 Å². The average Bonchev–Trinajstić information content (AvgIpc) is 3.30. The Morgan fingerprint density at radius 2 is 1.92 bits per heavy atom. The number of carbonyl (C=O) groups is 1. The van der Waals surface area contributed by atoms with Crippen LogP contribution in [0.25, 0.3) is 6.08 Å². The predicted molar refractivity (Wildman–Crippen MR) is 103 cm³/mol. The highest BCUT2D eigenvalue weighted by Gasteiger charge is 2.24. The number of halogens is 1. The molecule has 0 N–H and O–H groups in total. The van der Waals surface area contributed by atoms with Crippen molar-refractivity contribution in [3.63, 3.8) is 0 Å². The smallest absolute Gasteiger partial charge is 0.254 e. The minimum Gasteiger partial charge on any atom is -0.338 e. The van der Waals surface area contributed by atoms with Crippen LogP contribution >= 0.6 is 0 Å². The van der Waals surface area contributed by atoms with Crippen molar-refractivity contribution in [1.29, 1.82) is 0 Å². The minimum absolute atomic E-state index is 0.0792. The molecule has 0 aliphatic heterocycles. The molecule has 0 radical (unpaired) electrons. The van der Waals surface area contributed by atoms with E-state index in [0.717, 1.165) is 28.7 Å². The Hall–Kier alpha value is -2.42. The molecule has 1 saturated carbocycles. The van der Waals surface area contributed by atoms with Crippen molar-refractivity contribution < 1.29 is 9.18 Å². The van der Waals surface area contributed by atoms with Gasteiger partial charge in [0.15, 0.2) is 0 Å². The summed E-state index contributed by atoms with van der Waals surface area (Å²) >= 11 is 0. The number of hydrogen-bond donors (Lipinski definition) is 0. The molecule has 1 amide bonds. The lowest BCUT2D eigenvalue weighted by Crippen LogP contribution is -2.29. The molecule has 0 bridgehead atoms. The molecule has 0 atom stereocenters. The summed E-state index contributed by atoms with van der Waals surface area (Å²) < 4.78 is 13.4. The summed E-state index contributed by atoms with van der Waals surface area (Å²) in [6.07, 6.45) is 7.68. The first-order valence-electron chi connectivity index (χ1n) is 9.44. The number of hydrogen-bond acceptors (Lipinski definition) is 1. The van der Waals surface area contributed by atoms with Gasteiger partial charge in [0.1, 0.15) is 5.82 Å². The van der Waals surface area contributed by atoms with Crippen LogP contribution in [0.1, 0.15) is 58.6 Å². The maximum absolute atomic E-state index is 13.4. The lowest BCUT2D eigenvalue weighted by molar-refractivity contribution is 0.0805. The Kier molecular flexibility index (Phi) is 4.62. The van der Waals surface area contributed by atoms with Crippen LogP contribution in [0.5, 0.6) is 0 Å². The second kappa shape index (κ2) is 7.06. The van der Waals surface area contributed by atoms with Crippen LogP contribution < -0.4 is 0 Å². The molecule has 2 aromatic carbocycles. The van der Waals surface area contributed by atoms with E-state index in [9.17, 15) is 9.18 Å². The SMILES string of the molecule is CN(CC1=Cc2cc(F)ccc2C1)C(=O)c1ccccc1C1CCCC1. The third kappa shape index (κ3) is 3.31. The standard InChI is InChI=1S/C23H24FNO/c1-25(15-16-12-18-10-11-20(24)14-19(18)13-16)23(26)22-9-5-4-8-21(22)17-6-2-3-7-17/h4-5,8-11,13-14,17H,2-3,6-7,12,15H2,1H3. The molecule has 4 rings (SSSR count). The quantitative estimate of drug-likeness (QED) is 0.743. The molecule has 0 heterocycles. The van der Waals surface area contributed by atoms with E-state index in [0.29, 0.717) is 12.5 Å². The van der Waals surface area contributed by atoms with E-state index in [2.05, 4.69) is 6.07 Å². The molecular weight excluding hydrogens is 325 g/mol. The van der Waals surface area contributed by atoms with Crippen molar-refractivity contribution in [2.75, 3.05) is 13.6 Å². The number of benzene rings is 2. The minimum atomic E-state index is -0.212. The molecule has 26 heavy (non-hydrogen) atoms. The maximum Gasteiger partial charge on any atom is 0.254 e. The Morgan fingerprint density at radius 3 is 2.73 bits per heavy atom. The van der Waals surface area contributed by atoms with E-state index in [1.54, 1.807) is 11.0 Å². The zero-order chi connectivity index (χ0) is 18.1. The van der Waals surface area contributed by atoms with Crippen molar-refractivity contribution in [2.45, 2.75) is 38.0 Å². The molecule has 0 aromatic heterocycles. The predicted octanol–water partition coefficient (Wildman–Crippen LogP) is 5.20. The first-order chi connectivity index (χ1) is 12.6. The van der Waals surface area contributed by atoms with Gasteiger partial charge in [0, 0.05) is 19.2 Å². The average molecular weight is 349 g/mol. The van der Waals surface area contributed by atoms with Crippen LogP contribution in [0.15, 0.2) is 48.0 Å². The number of amides is 1. The van der Waals surface area contributed by atoms with Crippen LogP contribution in [0.3, 0.4) is 0 Å². The molecule has 2 aromatic rings. The van der Waals surface area contributed by atoms with Gasteiger partial charge in [0.05, 0.1) is 0 Å². The second-order valence-corrected chi connectivity index (χ2v) is 7.55. The van der Waals surface area contributed by atoms with E-state index < -0.39 is 0 Å². The van der Waals surface area contributed by atoms with E-state index >= 15 is 0 Å². The second-order valence-electron chi connectivity index (χ2n) is 7.55. The highest BCUT2D eigenvalue weighted by Crippen LogP contribution is 2.36. The molecule has 2 aliphatic carbocycles. The van der Waals surface area contributed by atoms with Crippen molar-refractivity contribution in [2.24, 2.45) is 0 Å². The topological polar surface area (TPSA) is 20.3 Å². The van der Waals surface area contributed by atoms with Crippen LogP contribution in [-0.2, 0) is 6.42 Å². The van der Waals surface area contributed by atoms with Crippen molar-refractivity contribution in [3.8, 4) is 0 Å². The largest absolute Gasteiger partial charge is 0.338 e. The van der Waals surface area contributed by atoms with Gasteiger partial charge < -0.3 is 4.90 Å². The summed E-state index contributed by atoms with van der Waals surface area (Å²) in [5.41, 5.74) is 5.26. The normalized spacial score (nSPS) is 16.5. The number of rotatable bonds is 4. The molecule has 2 nitrogen and oxygen atoms in total. The molecule has 2 aliphatic rings. The first-order valence-corrected chi connectivity index (χ1v) is 9.44. The van der Waals surface area contributed by atoms with Crippen LogP contribution in [0, 0.1) is 5.82 Å². The fourth-order valence-corrected chi connectivity index (χ4v) is 4.34. The molecule has 3 heteroatoms. The van der Waals surface area contributed by atoms with Gasteiger partial charge in [-0.15, -0.1) is 0 Å². The highest BCUT2D eigenvalue weighted by molar-refractivity contribution is 5.96. The maximum atomic E-state index is 13.4. The van der Waals surface area contributed by atoms with Crippen LogP contribution in [0.4, 0.5) is 4.39 Å². The summed E-state index contributed by atoms with van der Waals surface area (Å²) in [5.74, 6) is 0.383. The number of fused-ring (bicyclic) bond motifs is 1. The van der Waals surface area contributed by atoms with E-state index in [1.165, 1.54) is 37.3 Å². The Labute approximate surface area is 154 Å². The zero-order valence-electron chi connectivity index (χ0n) is 15.2. The molecule has 0 spiro atoms. The molecule has 0 unspecified atom stereocenters. The van der Waals surface area contributed by atoms with Gasteiger partial charge >= 0.3 is 0 Å².